The lowest BCUT2D eigenvalue weighted by Crippen LogP contribution is -2.57. The molecule has 2 bridgehead atoms. The first kappa shape index (κ1) is 26.7. The van der Waals surface area contributed by atoms with Crippen molar-refractivity contribution < 1.29 is 19.0 Å². The molecule has 1 aliphatic carbocycles. The third-order valence-electron chi connectivity index (χ3n) is 7.68. The summed E-state index contributed by atoms with van der Waals surface area (Å²) in [7, 11) is 0. The van der Waals surface area contributed by atoms with Crippen LogP contribution >= 0.6 is 0 Å². The van der Waals surface area contributed by atoms with E-state index in [1.54, 1.807) is 11.0 Å². The molecule has 1 saturated heterocycles. The lowest BCUT2D eigenvalue weighted by Gasteiger charge is -2.39. The molecule has 2 N–H and O–H groups in total. The SMILES string of the molecule is CCN1CC=C(c2ccc(C[C@@H](C#N)NC(=O)[C@@H]3[C@H]4CC[C@H](C4)N3C(O)OC(C)(C)C)c(F)c2)CC1. The fourth-order valence-electron chi connectivity index (χ4n) is 5.84. The van der Waals surface area contributed by atoms with Gasteiger partial charge in [0.25, 0.3) is 0 Å². The molecular formula is C28H39FN4O3. The van der Waals surface area contributed by atoms with Crippen molar-refractivity contribution in [3.63, 3.8) is 0 Å². The average molecular weight is 499 g/mol. The largest absolute Gasteiger partial charge is 0.356 e. The lowest BCUT2D eigenvalue weighted by atomic mass is 9.95. The second-order valence-corrected chi connectivity index (χ2v) is 11.2. The zero-order chi connectivity index (χ0) is 26.0. The number of rotatable bonds is 8. The predicted octanol–water partition coefficient (Wildman–Crippen LogP) is 3.43. The summed E-state index contributed by atoms with van der Waals surface area (Å²) in [6.07, 6.45) is 4.56. The van der Waals surface area contributed by atoms with Gasteiger partial charge in [-0.1, -0.05) is 25.1 Å². The van der Waals surface area contributed by atoms with E-state index >= 15 is 4.39 Å². The number of likely N-dealkylation sites (N-methyl/N-ethyl adjacent to an activating group) is 1. The first-order valence-corrected chi connectivity index (χ1v) is 13.1. The second kappa shape index (κ2) is 11.0. The van der Waals surface area contributed by atoms with Gasteiger partial charge >= 0.3 is 0 Å². The molecule has 4 rings (SSSR count). The fraction of sp³-hybridized carbons (Fsp3) is 0.643. The topological polar surface area (TPSA) is 88.8 Å². The summed E-state index contributed by atoms with van der Waals surface area (Å²) < 4.78 is 20.8. The molecule has 1 aromatic rings. The number of fused-ring (bicyclic) bond motifs is 2. The molecule has 1 unspecified atom stereocenters. The molecule has 0 aromatic heterocycles. The number of hydrogen-bond donors (Lipinski definition) is 2. The minimum Gasteiger partial charge on any atom is -0.356 e. The number of hydrogen-bond acceptors (Lipinski definition) is 6. The molecule has 196 valence electrons. The van der Waals surface area contributed by atoms with Crippen molar-refractivity contribution in [1.29, 1.82) is 5.26 Å². The van der Waals surface area contributed by atoms with Crippen LogP contribution in [0.5, 0.6) is 0 Å². The Balaban J connectivity index is 1.42. The summed E-state index contributed by atoms with van der Waals surface area (Å²) in [6, 6.07) is 5.92. The molecule has 5 atom stereocenters. The number of halogens is 1. The van der Waals surface area contributed by atoms with Crippen LogP contribution in [0.4, 0.5) is 4.39 Å². The van der Waals surface area contributed by atoms with Crippen molar-refractivity contribution in [2.45, 2.75) is 89.9 Å². The van der Waals surface area contributed by atoms with Crippen LogP contribution in [0.1, 0.15) is 64.5 Å². The van der Waals surface area contributed by atoms with E-state index in [1.807, 2.05) is 26.8 Å². The van der Waals surface area contributed by atoms with Gasteiger partial charge in [0.1, 0.15) is 11.9 Å². The summed E-state index contributed by atoms with van der Waals surface area (Å²) in [6.45, 7) is 10.5. The van der Waals surface area contributed by atoms with Gasteiger partial charge in [0, 0.05) is 25.6 Å². The van der Waals surface area contributed by atoms with Crippen LogP contribution in [0.25, 0.3) is 5.57 Å². The van der Waals surface area contributed by atoms with Crippen LogP contribution in [-0.4, -0.2) is 70.6 Å². The van der Waals surface area contributed by atoms with Crippen molar-refractivity contribution in [2.24, 2.45) is 5.92 Å². The highest BCUT2D eigenvalue weighted by Crippen LogP contribution is 2.44. The maximum absolute atomic E-state index is 15.0. The molecule has 8 heteroatoms. The number of benzene rings is 1. The number of piperidine rings is 1. The third kappa shape index (κ3) is 5.97. The van der Waals surface area contributed by atoms with E-state index in [1.165, 1.54) is 6.07 Å². The molecule has 2 heterocycles. The maximum Gasteiger partial charge on any atom is 0.238 e. The number of nitrogens with zero attached hydrogens (tertiary/aromatic N) is 3. The number of ether oxygens (including phenoxy) is 1. The fourth-order valence-corrected chi connectivity index (χ4v) is 5.84. The second-order valence-electron chi connectivity index (χ2n) is 11.2. The van der Waals surface area contributed by atoms with Gasteiger partial charge in [-0.3, -0.25) is 9.69 Å². The molecule has 1 saturated carbocycles. The maximum atomic E-state index is 15.0. The number of aliphatic hydroxyl groups is 1. The normalized spacial score (nSPS) is 26.4. The van der Waals surface area contributed by atoms with Gasteiger partial charge in [0.2, 0.25) is 12.3 Å². The average Bonchev–Trinajstić information content (AvgIpc) is 3.45. The van der Waals surface area contributed by atoms with E-state index < -0.39 is 24.1 Å². The molecule has 0 spiro atoms. The summed E-state index contributed by atoms with van der Waals surface area (Å²) in [5.41, 5.74) is 1.85. The molecular weight excluding hydrogens is 459 g/mol. The van der Waals surface area contributed by atoms with Crippen LogP contribution in [0.2, 0.25) is 0 Å². The Morgan fingerprint density at radius 1 is 1.36 bits per heavy atom. The summed E-state index contributed by atoms with van der Waals surface area (Å²) in [5, 5.41) is 23.3. The molecule has 1 aromatic carbocycles. The van der Waals surface area contributed by atoms with Crippen LogP contribution in [-0.2, 0) is 16.0 Å². The number of amides is 1. The first-order chi connectivity index (χ1) is 17.1. The van der Waals surface area contributed by atoms with E-state index in [-0.39, 0.29) is 30.1 Å². The number of carbonyl (C=O) groups is 1. The third-order valence-corrected chi connectivity index (χ3v) is 7.68. The van der Waals surface area contributed by atoms with E-state index in [2.05, 4.69) is 29.3 Å². The highest BCUT2D eigenvalue weighted by molar-refractivity contribution is 5.83. The van der Waals surface area contributed by atoms with Crippen LogP contribution < -0.4 is 5.32 Å². The molecule has 0 radical (unpaired) electrons. The van der Waals surface area contributed by atoms with Gasteiger partial charge in [0.05, 0.1) is 17.7 Å². The predicted molar refractivity (Wildman–Crippen MR) is 136 cm³/mol. The monoisotopic (exact) mass is 498 g/mol. The van der Waals surface area contributed by atoms with E-state index in [4.69, 9.17) is 4.74 Å². The zero-order valence-corrected chi connectivity index (χ0v) is 21.8. The highest BCUT2D eigenvalue weighted by Gasteiger charge is 2.52. The highest BCUT2D eigenvalue weighted by atomic mass is 19.1. The molecule has 36 heavy (non-hydrogen) atoms. The Labute approximate surface area is 213 Å². The minimum atomic E-state index is -1.19. The van der Waals surface area contributed by atoms with Crippen molar-refractivity contribution in [1.82, 2.24) is 15.1 Å². The number of nitriles is 1. The van der Waals surface area contributed by atoms with Gasteiger partial charge in [0.15, 0.2) is 0 Å². The molecule has 2 aliphatic heterocycles. The van der Waals surface area contributed by atoms with Crippen molar-refractivity contribution in [2.75, 3.05) is 19.6 Å². The number of nitrogens with one attached hydrogen (secondary N) is 1. The molecule has 1 amide bonds. The number of likely N-dealkylation sites (tertiary alicyclic amines) is 1. The van der Waals surface area contributed by atoms with Gasteiger partial charge in [-0.25, -0.2) is 9.29 Å². The zero-order valence-electron chi connectivity index (χ0n) is 21.8. The Hall–Kier alpha value is -2.31. The number of aliphatic hydroxyl groups excluding tert-OH is 1. The summed E-state index contributed by atoms with van der Waals surface area (Å²) >= 11 is 0. The van der Waals surface area contributed by atoms with Crippen molar-refractivity contribution >= 4 is 11.5 Å². The van der Waals surface area contributed by atoms with Crippen molar-refractivity contribution in [3.05, 3.63) is 41.2 Å². The molecule has 7 nitrogen and oxygen atoms in total. The van der Waals surface area contributed by atoms with Gasteiger partial charge in [-0.05, 0) is 81.7 Å². The lowest BCUT2D eigenvalue weighted by molar-refractivity contribution is -0.254. The first-order valence-electron chi connectivity index (χ1n) is 13.1. The Bertz CT molecular complexity index is 1030. The number of carbonyl (C=O) groups excluding carboxylic acids is 1. The minimum absolute atomic E-state index is 0.0760. The molecule has 3 aliphatic rings. The van der Waals surface area contributed by atoms with Crippen molar-refractivity contribution in [3.8, 4) is 6.07 Å². The van der Waals surface area contributed by atoms with E-state index in [0.717, 1.165) is 56.5 Å². The van der Waals surface area contributed by atoms with Gasteiger partial charge in [-0.15, -0.1) is 0 Å². The van der Waals surface area contributed by atoms with E-state index in [0.29, 0.717) is 5.56 Å². The quantitative estimate of drug-likeness (QED) is 0.534. The summed E-state index contributed by atoms with van der Waals surface area (Å²) in [4.78, 5) is 17.4. The van der Waals surface area contributed by atoms with Gasteiger partial charge in [-0.2, -0.15) is 5.26 Å². The summed E-state index contributed by atoms with van der Waals surface area (Å²) in [5.74, 6) is -0.567. The Morgan fingerprint density at radius 2 is 2.14 bits per heavy atom. The Morgan fingerprint density at radius 3 is 2.75 bits per heavy atom. The van der Waals surface area contributed by atoms with Crippen LogP contribution in [0.15, 0.2) is 24.3 Å². The standard InChI is InChI=1S/C28H39FN4O3/c1-5-32-12-10-18(11-13-32)19-6-7-20(24(29)16-19)14-22(17-30)31-26(34)25-21-8-9-23(15-21)33(25)27(35)36-28(2,3)4/h6-7,10,16,21-23,25,27,35H,5,8-9,11-15H2,1-4H3,(H,31,34)/t21-,22-,23+,25-,27?/m0/s1. The van der Waals surface area contributed by atoms with Crippen LogP contribution in [0.3, 0.4) is 0 Å². The van der Waals surface area contributed by atoms with E-state index in [9.17, 15) is 15.2 Å². The van der Waals surface area contributed by atoms with Gasteiger partial charge < -0.3 is 15.2 Å². The van der Waals surface area contributed by atoms with Crippen LogP contribution in [0, 0.1) is 23.1 Å². The smallest absolute Gasteiger partial charge is 0.238 e. The molecule has 2 fully saturated rings. The Kier molecular flexibility index (Phi) is 8.15.